The Balaban J connectivity index is 1.61. The van der Waals surface area contributed by atoms with Crippen molar-refractivity contribution < 1.29 is 24.2 Å². The Morgan fingerprint density at radius 3 is 2.79 bits per heavy atom. The fourth-order valence-corrected chi connectivity index (χ4v) is 5.33. The Kier molecular flexibility index (Phi) is 7.19. The number of amides is 2. The zero-order chi connectivity index (χ0) is 26.8. The van der Waals surface area contributed by atoms with E-state index < -0.39 is 6.09 Å². The summed E-state index contributed by atoms with van der Waals surface area (Å²) in [5.74, 6) is 1.10. The number of nitrogens with one attached hydrogen (secondary N) is 1. The zero-order valence-corrected chi connectivity index (χ0v) is 21.8. The second-order valence-corrected chi connectivity index (χ2v) is 9.36. The lowest BCUT2D eigenvalue weighted by atomic mass is 10.0. The highest BCUT2D eigenvalue weighted by molar-refractivity contribution is 6.00. The highest BCUT2D eigenvalue weighted by Gasteiger charge is 2.28. The molecule has 2 N–H and O–H groups in total. The topological polar surface area (TPSA) is 124 Å². The van der Waals surface area contributed by atoms with Crippen LogP contribution in [-0.2, 0) is 17.8 Å². The summed E-state index contributed by atoms with van der Waals surface area (Å²) < 4.78 is 15.4. The summed E-state index contributed by atoms with van der Waals surface area (Å²) >= 11 is 0. The van der Waals surface area contributed by atoms with Crippen molar-refractivity contribution >= 4 is 34.1 Å². The average molecular weight is 521 g/mol. The smallest absolute Gasteiger partial charge is 0.404 e. The molecule has 200 valence electrons. The summed E-state index contributed by atoms with van der Waals surface area (Å²) in [5.41, 5.74) is 3.67. The van der Waals surface area contributed by atoms with Gasteiger partial charge < -0.3 is 33.9 Å². The van der Waals surface area contributed by atoms with Gasteiger partial charge in [-0.05, 0) is 50.1 Å². The first-order chi connectivity index (χ1) is 18.4. The third-order valence-electron chi connectivity index (χ3n) is 7.03. The SMILES string of the molecule is CCn1c(-c2nc3cc(C(=O)N4CCCC(NC(=O)O)C4)cc(OC)c3n2CCOC)cc2cccnc21. The molecule has 0 radical (unpaired) electrons. The molecule has 1 saturated heterocycles. The van der Waals surface area contributed by atoms with Crippen LogP contribution in [-0.4, -0.2) is 81.1 Å². The summed E-state index contributed by atoms with van der Waals surface area (Å²) in [6, 6.07) is 9.27. The Bertz CT molecular complexity index is 1490. The van der Waals surface area contributed by atoms with Crippen LogP contribution in [0.1, 0.15) is 30.1 Å². The van der Waals surface area contributed by atoms with Crippen molar-refractivity contribution in [1.29, 1.82) is 0 Å². The molecule has 1 fully saturated rings. The van der Waals surface area contributed by atoms with Gasteiger partial charge in [0.15, 0.2) is 5.82 Å². The van der Waals surface area contributed by atoms with E-state index in [1.807, 2.05) is 12.1 Å². The maximum atomic E-state index is 13.5. The maximum absolute atomic E-state index is 13.5. The second kappa shape index (κ2) is 10.7. The number of carbonyl (C=O) groups is 2. The number of hydrogen-bond acceptors (Lipinski definition) is 6. The molecule has 1 aliphatic rings. The first-order valence-corrected chi connectivity index (χ1v) is 12.8. The van der Waals surface area contributed by atoms with Crippen LogP contribution >= 0.6 is 0 Å². The molecule has 2 amide bonds. The van der Waals surface area contributed by atoms with E-state index in [-0.39, 0.29) is 11.9 Å². The predicted molar refractivity (Wildman–Crippen MR) is 143 cm³/mol. The van der Waals surface area contributed by atoms with Crippen LogP contribution in [0.25, 0.3) is 33.6 Å². The van der Waals surface area contributed by atoms with Crippen LogP contribution in [0.2, 0.25) is 0 Å². The Morgan fingerprint density at radius 1 is 1.21 bits per heavy atom. The predicted octanol–water partition coefficient (Wildman–Crippen LogP) is 3.60. The van der Waals surface area contributed by atoms with Crippen molar-refractivity contribution in [3.8, 4) is 17.3 Å². The summed E-state index contributed by atoms with van der Waals surface area (Å²) in [5, 5.41) is 12.6. The van der Waals surface area contributed by atoms with E-state index in [0.29, 0.717) is 56.0 Å². The van der Waals surface area contributed by atoms with Gasteiger partial charge in [-0.1, -0.05) is 0 Å². The van der Waals surface area contributed by atoms with Crippen LogP contribution < -0.4 is 10.1 Å². The minimum Gasteiger partial charge on any atom is -0.494 e. The fourth-order valence-electron chi connectivity index (χ4n) is 5.33. The number of ether oxygens (including phenoxy) is 2. The van der Waals surface area contributed by atoms with Crippen molar-refractivity contribution in [3.63, 3.8) is 0 Å². The van der Waals surface area contributed by atoms with E-state index in [1.165, 1.54) is 0 Å². The number of benzene rings is 1. The first-order valence-electron chi connectivity index (χ1n) is 12.8. The number of pyridine rings is 1. The number of imidazole rings is 1. The third kappa shape index (κ3) is 4.65. The van der Waals surface area contributed by atoms with E-state index in [0.717, 1.165) is 34.5 Å². The monoisotopic (exact) mass is 520 g/mol. The minimum atomic E-state index is -1.08. The summed E-state index contributed by atoms with van der Waals surface area (Å²) in [4.78, 5) is 35.9. The van der Waals surface area contributed by atoms with Gasteiger partial charge in [-0.15, -0.1) is 0 Å². The summed E-state index contributed by atoms with van der Waals surface area (Å²) in [6.45, 7) is 4.68. The van der Waals surface area contributed by atoms with Crippen LogP contribution in [0.3, 0.4) is 0 Å². The van der Waals surface area contributed by atoms with Gasteiger partial charge in [0.1, 0.15) is 16.9 Å². The average Bonchev–Trinajstić information content (AvgIpc) is 3.48. The van der Waals surface area contributed by atoms with Crippen LogP contribution in [0.5, 0.6) is 5.75 Å². The molecule has 1 aliphatic heterocycles. The van der Waals surface area contributed by atoms with Gasteiger partial charge >= 0.3 is 6.09 Å². The van der Waals surface area contributed by atoms with Gasteiger partial charge in [-0.25, -0.2) is 14.8 Å². The second-order valence-electron chi connectivity index (χ2n) is 9.36. The summed E-state index contributed by atoms with van der Waals surface area (Å²) in [7, 11) is 3.24. The van der Waals surface area contributed by atoms with Crippen molar-refractivity contribution in [2.24, 2.45) is 0 Å². The van der Waals surface area contributed by atoms with E-state index >= 15 is 0 Å². The van der Waals surface area contributed by atoms with Crippen LogP contribution in [0, 0.1) is 0 Å². The molecule has 0 spiro atoms. The molecule has 0 bridgehead atoms. The molecule has 1 atom stereocenters. The first kappa shape index (κ1) is 25.5. The van der Waals surface area contributed by atoms with Gasteiger partial charge in [0.05, 0.1) is 24.9 Å². The van der Waals surface area contributed by atoms with E-state index in [1.54, 1.807) is 37.4 Å². The molecule has 11 nitrogen and oxygen atoms in total. The molecule has 38 heavy (non-hydrogen) atoms. The lowest BCUT2D eigenvalue weighted by molar-refractivity contribution is 0.0692. The van der Waals surface area contributed by atoms with Gasteiger partial charge in [0, 0.05) is 56.5 Å². The number of methoxy groups -OCH3 is 2. The number of aryl methyl sites for hydroxylation is 1. The van der Waals surface area contributed by atoms with Crippen molar-refractivity contribution in [3.05, 3.63) is 42.1 Å². The molecule has 0 saturated carbocycles. The van der Waals surface area contributed by atoms with E-state index in [2.05, 4.69) is 32.4 Å². The lowest BCUT2D eigenvalue weighted by Gasteiger charge is -2.32. The van der Waals surface area contributed by atoms with Gasteiger partial charge in [0.2, 0.25) is 0 Å². The van der Waals surface area contributed by atoms with Crippen LogP contribution in [0.4, 0.5) is 4.79 Å². The van der Waals surface area contributed by atoms with E-state index in [9.17, 15) is 9.59 Å². The number of nitrogens with zero attached hydrogens (tertiary/aromatic N) is 5. The molecule has 1 aromatic carbocycles. The molecule has 4 heterocycles. The Hall–Kier alpha value is -4.12. The van der Waals surface area contributed by atoms with Crippen molar-refractivity contribution in [2.45, 2.75) is 38.9 Å². The molecule has 4 aromatic rings. The number of piperidine rings is 1. The van der Waals surface area contributed by atoms with Gasteiger partial charge in [-0.2, -0.15) is 0 Å². The quantitative estimate of drug-likeness (QED) is 0.364. The minimum absolute atomic E-state index is 0.179. The fraction of sp³-hybridized carbons (Fsp3) is 0.407. The van der Waals surface area contributed by atoms with Gasteiger partial charge in [-0.3, -0.25) is 4.79 Å². The van der Waals surface area contributed by atoms with Crippen molar-refractivity contribution in [2.75, 3.05) is 33.9 Å². The molecule has 5 rings (SSSR count). The molecular weight excluding hydrogens is 488 g/mol. The number of likely N-dealkylation sites (tertiary alicyclic amines) is 1. The Morgan fingerprint density at radius 2 is 2.05 bits per heavy atom. The molecule has 3 aromatic heterocycles. The van der Waals surface area contributed by atoms with E-state index in [4.69, 9.17) is 19.6 Å². The standard InChI is InChI=1S/C27H32N6O5/c1-4-32-21(14-17-7-5-9-28-24(17)32)25-30-20-13-18(15-22(38-3)23(20)33(25)11-12-37-2)26(34)31-10-6-8-19(16-31)29-27(35)36/h5,7,9,13-15,19,29H,4,6,8,10-12,16H2,1-3H3,(H,35,36). The lowest BCUT2D eigenvalue weighted by Crippen LogP contribution is -2.49. The van der Waals surface area contributed by atoms with Gasteiger partial charge in [0.25, 0.3) is 5.91 Å². The highest BCUT2D eigenvalue weighted by Crippen LogP contribution is 2.35. The number of fused-ring (bicyclic) bond motifs is 2. The number of carbonyl (C=O) groups excluding carboxylic acids is 1. The van der Waals surface area contributed by atoms with Crippen LogP contribution in [0.15, 0.2) is 36.5 Å². The zero-order valence-electron chi connectivity index (χ0n) is 21.8. The highest BCUT2D eigenvalue weighted by atomic mass is 16.5. The Labute approximate surface area is 220 Å². The number of hydrogen-bond donors (Lipinski definition) is 2. The third-order valence-corrected chi connectivity index (χ3v) is 7.03. The number of rotatable bonds is 8. The molecule has 11 heteroatoms. The van der Waals surface area contributed by atoms with Crippen molar-refractivity contribution in [1.82, 2.24) is 29.3 Å². The summed E-state index contributed by atoms with van der Waals surface area (Å²) in [6.07, 6.45) is 2.12. The molecule has 0 aliphatic carbocycles. The molecular formula is C27H32N6O5. The maximum Gasteiger partial charge on any atom is 0.404 e. The molecule has 1 unspecified atom stereocenters. The largest absolute Gasteiger partial charge is 0.494 e. The number of carboxylic acid groups (broad SMARTS) is 1. The normalized spacial score (nSPS) is 15.8. The number of aromatic nitrogens is 4.